The van der Waals surface area contributed by atoms with E-state index in [0.717, 1.165) is 39.0 Å². The first kappa shape index (κ1) is 16.3. The van der Waals surface area contributed by atoms with Crippen molar-refractivity contribution in [3.05, 3.63) is 35.9 Å². The Kier molecular flexibility index (Phi) is 5.51. The Morgan fingerprint density at radius 2 is 2.00 bits per heavy atom. The first-order valence-electron chi connectivity index (χ1n) is 8.62. The SMILES string of the molecule is CCOC(=O)N1CCC(N[C@@H]2CCO[C@H]2c2ccccc2)CC1. The zero-order valence-electron chi connectivity index (χ0n) is 13.7. The summed E-state index contributed by atoms with van der Waals surface area (Å²) in [5.41, 5.74) is 1.24. The van der Waals surface area contributed by atoms with Crippen molar-refractivity contribution >= 4 is 6.09 Å². The Balaban J connectivity index is 1.51. The fraction of sp³-hybridized carbons (Fsp3) is 0.611. The summed E-state index contributed by atoms with van der Waals surface area (Å²) >= 11 is 0. The van der Waals surface area contributed by atoms with Gasteiger partial charge in [-0.05, 0) is 31.7 Å². The number of carbonyl (C=O) groups excluding carboxylic acids is 1. The molecule has 0 radical (unpaired) electrons. The van der Waals surface area contributed by atoms with E-state index in [-0.39, 0.29) is 12.2 Å². The van der Waals surface area contributed by atoms with Gasteiger partial charge in [-0.1, -0.05) is 30.3 Å². The lowest BCUT2D eigenvalue weighted by atomic mass is 9.98. The number of hydrogen-bond acceptors (Lipinski definition) is 4. The Labute approximate surface area is 137 Å². The minimum absolute atomic E-state index is 0.138. The molecule has 0 aromatic heterocycles. The molecule has 0 aliphatic carbocycles. The summed E-state index contributed by atoms with van der Waals surface area (Å²) in [6, 6.07) is 11.2. The maximum atomic E-state index is 11.7. The maximum absolute atomic E-state index is 11.7. The third-order valence-corrected chi connectivity index (χ3v) is 4.69. The van der Waals surface area contributed by atoms with E-state index in [2.05, 4.69) is 29.6 Å². The third kappa shape index (κ3) is 4.03. The molecule has 23 heavy (non-hydrogen) atoms. The van der Waals surface area contributed by atoms with Crippen LogP contribution in [0.2, 0.25) is 0 Å². The quantitative estimate of drug-likeness (QED) is 0.927. The van der Waals surface area contributed by atoms with Crippen molar-refractivity contribution in [2.75, 3.05) is 26.3 Å². The fourth-order valence-corrected chi connectivity index (χ4v) is 3.48. The van der Waals surface area contributed by atoms with Gasteiger partial charge in [-0.3, -0.25) is 0 Å². The van der Waals surface area contributed by atoms with E-state index in [1.54, 1.807) is 0 Å². The number of nitrogens with one attached hydrogen (secondary N) is 1. The maximum Gasteiger partial charge on any atom is 0.409 e. The van der Waals surface area contributed by atoms with Gasteiger partial charge in [-0.15, -0.1) is 0 Å². The number of benzene rings is 1. The van der Waals surface area contributed by atoms with E-state index in [0.29, 0.717) is 18.7 Å². The molecule has 0 saturated carbocycles. The Hall–Kier alpha value is -1.59. The standard InChI is InChI=1S/C18H26N2O3/c1-2-22-18(21)20-11-8-15(9-12-20)19-16-10-13-23-17(16)14-6-4-3-5-7-14/h3-7,15-17,19H,2,8-13H2,1H3/t16-,17+/m1/s1. The molecule has 2 atom stereocenters. The van der Waals surface area contributed by atoms with Crippen molar-refractivity contribution < 1.29 is 14.3 Å². The van der Waals surface area contributed by atoms with Crippen LogP contribution < -0.4 is 5.32 Å². The van der Waals surface area contributed by atoms with E-state index in [1.165, 1.54) is 5.56 Å². The molecule has 0 spiro atoms. The molecule has 0 bridgehead atoms. The molecule has 1 aromatic rings. The zero-order chi connectivity index (χ0) is 16.1. The number of nitrogens with zero attached hydrogens (tertiary/aromatic N) is 1. The number of piperidine rings is 1. The predicted molar refractivity (Wildman–Crippen MR) is 88.3 cm³/mol. The van der Waals surface area contributed by atoms with Crippen molar-refractivity contribution in [1.29, 1.82) is 0 Å². The summed E-state index contributed by atoms with van der Waals surface area (Å²) in [7, 11) is 0. The molecule has 2 aliphatic rings. The molecule has 0 unspecified atom stereocenters. The Morgan fingerprint density at radius 1 is 1.26 bits per heavy atom. The van der Waals surface area contributed by atoms with Crippen molar-refractivity contribution in [1.82, 2.24) is 10.2 Å². The topological polar surface area (TPSA) is 50.8 Å². The number of carbonyl (C=O) groups is 1. The second kappa shape index (κ2) is 7.79. The lowest BCUT2D eigenvalue weighted by Crippen LogP contribution is -2.48. The van der Waals surface area contributed by atoms with Crippen molar-refractivity contribution in [3.8, 4) is 0 Å². The minimum atomic E-state index is -0.183. The van der Waals surface area contributed by atoms with Crippen LogP contribution >= 0.6 is 0 Å². The molecular formula is C18H26N2O3. The molecule has 3 rings (SSSR count). The number of rotatable bonds is 4. The van der Waals surface area contributed by atoms with Gasteiger partial charge in [-0.25, -0.2) is 4.79 Å². The summed E-state index contributed by atoms with van der Waals surface area (Å²) in [4.78, 5) is 13.6. The van der Waals surface area contributed by atoms with Gasteiger partial charge in [0.15, 0.2) is 0 Å². The van der Waals surface area contributed by atoms with Crippen LogP contribution in [0.5, 0.6) is 0 Å². The van der Waals surface area contributed by atoms with E-state index in [4.69, 9.17) is 9.47 Å². The van der Waals surface area contributed by atoms with E-state index >= 15 is 0 Å². The highest BCUT2D eigenvalue weighted by molar-refractivity contribution is 5.67. The molecular weight excluding hydrogens is 292 g/mol. The highest BCUT2D eigenvalue weighted by Gasteiger charge is 2.32. The van der Waals surface area contributed by atoms with Crippen LogP contribution in [0.3, 0.4) is 0 Å². The fourth-order valence-electron chi connectivity index (χ4n) is 3.48. The Morgan fingerprint density at radius 3 is 2.70 bits per heavy atom. The normalized spacial score (nSPS) is 25.5. The third-order valence-electron chi connectivity index (χ3n) is 4.69. The summed E-state index contributed by atoms with van der Waals surface area (Å²) in [6.45, 7) is 4.62. The second-order valence-corrected chi connectivity index (χ2v) is 6.22. The highest BCUT2D eigenvalue weighted by Crippen LogP contribution is 2.30. The van der Waals surface area contributed by atoms with Gasteiger partial charge in [-0.2, -0.15) is 0 Å². The Bertz CT molecular complexity index is 500. The number of amides is 1. The van der Waals surface area contributed by atoms with Crippen LogP contribution in [-0.4, -0.2) is 49.4 Å². The lowest BCUT2D eigenvalue weighted by Gasteiger charge is -2.34. The molecule has 1 aromatic carbocycles. The predicted octanol–water partition coefficient (Wildman–Crippen LogP) is 2.73. The van der Waals surface area contributed by atoms with Gasteiger partial charge < -0.3 is 19.7 Å². The van der Waals surface area contributed by atoms with E-state index < -0.39 is 0 Å². The van der Waals surface area contributed by atoms with Crippen molar-refractivity contribution in [3.63, 3.8) is 0 Å². The molecule has 2 saturated heterocycles. The number of ether oxygens (including phenoxy) is 2. The molecule has 1 N–H and O–H groups in total. The van der Waals surface area contributed by atoms with Crippen LogP contribution in [0, 0.1) is 0 Å². The van der Waals surface area contributed by atoms with Gasteiger partial charge in [0, 0.05) is 31.8 Å². The molecule has 5 nitrogen and oxygen atoms in total. The van der Waals surface area contributed by atoms with Crippen molar-refractivity contribution in [2.24, 2.45) is 0 Å². The average molecular weight is 318 g/mol. The number of likely N-dealkylation sites (tertiary alicyclic amines) is 1. The van der Waals surface area contributed by atoms with Gasteiger partial charge in [0.25, 0.3) is 0 Å². The van der Waals surface area contributed by atoms with Crippen LogP contribution in [0.1, 0.15) is 37.9 Å². The average Bonchev–Trinajstić information content (AvgIpc) is 3.05. The second-order valence-electron chi connectivity index (χ2n) is 6.22. The molecule has 1 amide bonds. The van der Waals surface area contributed by atoms with Gasteiger partial charge in [0.2, 0.25) is 0 Å². The molecule has 2 fully saturated rings. The first-order chi connectivity index (χ1) is 11.3. The monoisotopic (exact) mass is 318 g/mol. The van der Waals surface area contributed by atoms with E-state index in [9.17, 15) is 4.79 Å². The summed E-state index contributed by atoms with van der Waals surface area (Å²) in [6.07, 6.45) is 2.93. The van der Waals surface area contributed by atoms with Gasteiger partial charge in [0.05, 0.1) is 12.7 Å². The molecule has 2 aliphatic heterocycles. The minimum Gasteiger partial charge on any atom is -0.450 e. The van der Waals surface area contributed by atoms with E-state index in [1.807, 2.05) is 17.9 Å². The summed E-state index contributed by atoms with van der Waals surface area (Å²) in [5.74, 6) is 0. The van der Waals surface area contributed by atoms with Gasteiger partial charge >= 0.3 is 6.09 Å². The highest BCUT2D eigenvalue weighted by atomic mass is 16.6. The molecule has 5 heteroatoms. The zero-order valence-corrected chi connectivity index (χ0v) is 13.7. The van der Waals surface area contributed by atoms with Crippen LogP contribution in [0.4, 0.5) is 4.79 Å². The summed E-state index contributed by atoms with van der Waals surface area (Å²) in [5, 5.41) is 3.75. The smallest absolute Gasteiger partial charge is 0.409 e. The van der Waals surface area contributed by atoms with Crippen LogP contribution in [-0.2, 0) is 9.47 Å². The number of hydrogen-bond donors (Lipinski definition) is 1. The van der Waals surface area contributed by atoms with Crippen LogP contribution in [0.15, 0.2) is 30.3 Å². The largest absolute Gasteiger partial charge is 0.450 e. The molecule has 126 valence electrons. The first-order valence-corrected chi connectivity index (χ1v) is 8.62. The lowest BCUT2D eigenvalue weighted by molar-refractivity contribution is 0.0834. The summed E-state index contributed by atoms with van der Waals surface area (Å²) < 4.78 is 11.0. The molecule has 2 heterocycles. The van der Waals surface area contributed by atoms with Crippen LogP contribution in [0.25, 0.3) is 0 Å². The van der Waals surface area contributed by atoms with Crippen molar-refractivity contribution in [2.45, 2.75) is 44.4 Å². The van der Waals surface area contributed by atoms with Gasteiger partial charge in [0.1, 0.15) is 0 Å².